The van der Waals surface area contributed by atoms with Gasteiger partial charge in [0.25, 0.3) is 0 Å². The smallest absolute Gasteiger partial charge is 0.491 e. The number of ether oxygens (including phenoxy) is 2. The molecule has 5 nitrogen and oxygen atoms in total. The van der Waals surface area contributed by atoms with Gasteiger partial charge in [0, 0.05) is 13.1 Å². The first-order valence-corrected chi connectivity index (χ1v) is 8.65. The quantitative estimate of drug-likeness (QED) is 0.785. The lowest BCUT2D eigenvalue weighted by Crippen LogP contribution is -2.42. The molecule has 2 saturated heterocycles. The minimum Gasteiger partial charge on any atom is -0.491 e. The van der Waals surface area contributed by atoms with E-state index in [4.69, 9.17) is 18.8 Å². The van der Waals surface area contributed by atoms with Gasteiger partial charge < -0.3 is 23.7 Å². The number of likely N-dealkylation sites (N-methyl/N-ethyl adjacent to an activating group) is 1. The van der Waals surface area contributed by atoms with Crippen LogP contribution in [0.2, 0.25) is 0 Å². The molecule has 0 N–H and O–H groups in total. The van der Waals surface area contributed by atoms with E-state index in [2.05, 4.69) is 39.6 Å². The summed E-state index contributed by atoms with van der Waals surface area (Å²) in [5, 5.41) is 0. The summed E-state index contributed by atoms with van der Waals surface area (Å²) in [5.41, 5.74) is 0.364. The van der Waals surface area contributed by atoms with Crippen molar-refractivity contribution in [3.8, 4) is 5.75 Å². The zero-order valence-corrected chi connectivity index (χ0v) is 15.4. The molecule has 0 radical (unpaired) electrons. The van der Waals surface area contributed by atoms with Crippen molar-refractivity contribution < 1.29 is 18.8 Å². The van der Waals surface area contributed by atoms with Crippen LogP contribution in [0, 0.1) is 0 Å². The summed E-state index contributed by atoms with van der Waals surface area (Å²) in [4.78, 5) is 2.26. The lowest BCUT2D eigenvalue weighted by atomic mass is 9.79. The Morgan fingerprint density at radius 2 is 1.75 bits per heavy atom. The summed E-state index contributed by atoms with van der Waals surface area (Å²) in [6.45, 7) is 11.5. The maximum Gasteiger partial charge on any atom is 0.494 e. The van der Waals surface area contributed by atoms with Crippen LogP contribution < -0.4 is 10.2 Å². The fraction of sp³-hybridized carbons (Fsp3) is 0.667. The first-order valence-electron chi connectivity index (χ1n) is 8.65. The maximum atomic E-state index is 6.07. The molecule has 1 aromatic carbocycles. The van der Waals surface area contributed by atoms with Gasteiger partial charge in [-0.1, -0.05) is 12.1 Å². The number of benzene rings is 1. The molecule has 2 fully saturated rings. The van der Waals surface area contributed by atoms with Crippen LogP contribution in [0.3, 0.4) is 0 Å². The van der Waals surface area contributed by atoms with Crippen molar-refractivity contribution in [3.05, 3.63) is 24.3 Å². The van der Waals surface area contributed by atoms with Gasteiger partial charge in [-0.3, -0.25) is 0 Å². The molecule has 3 rings (SSSR count). The first-order chi connectivity index (χ1) is 11.3. The highest BCUT2D eigenvalue weighted by Gasteiger charge is 2.51. The highest BCUT2D eigenvalue weighted by atomic mass is 16.7. The Hall–Kier alpha value is -1.08. The predicted octanol–water partition coefficient (Wildman–Crippen LogP) is 1.70. The Labute approximate surface area is 145 Å². The van der Waals surface area contributed by atoms with E-state index in [-0.39, 0.29) is 24.4 Å². The number of nitrogens with zero attached hydrogens (tertiary/aromatic N) is 1. The number of morpholine rings is 1. The van der Waals surface area contributed by atoms with Gasteiger partial charge in [-0.05, 0) is 52.3 Å². The Morgan fingerprint density at radius 1 is 1.12 bits per heavy atom. The van der Waals surface area contributed by atoms with Gasteiger partial charge in [-0.15, -0.1) is 0 Å². The second-order valence-corrected chi connectivity index (χ2v) is 7.72. The molecule has 6 heteroatoms. The SMILES string of the molecule is CN1CCO[C@@H](COc2ccc(B3OC(C)(C)C(C)(C)O3)cc2)C1. The van der Waals surface area contributed by atoms with Gasteiger partial charge in [0.05, 0.1) is 17.8 Å². The molecule has 0 amide bonds. The first kappa shape index (κ1) is 17.7. The fourth-order valence-electron chi connectivity index (χ4n) is 2.86. The molecular weight excluding hydrogens is 305 g/mol. The van der Waals surface area contributed by atoms with Gasteiger partial charge in [-0.25, -0.2) is 0 Å². The van der Waals surface area contributed by atoms with Gasteiger partial charge in [0.2, 0.25) is 0 Å². The van der Waals surface area contributed by atoms with Crippen molar-refractivity contribution in [1.82, 2.24) is 4.90 Å². The van der Waals surface area contributed by atoms with Crippen molar-refractivity contribution in [2.24, 2.45) is 0 Å². The molecule has 0 bridgehead atoms. The predicted molar refractivity (Wildman–Crippen MR) is 94.9 cm³/mol. The summed E-state index contributed by atoms with van der Waals surface area (Å²) in [7, 11) is 1.77. The van der Waals surface area contributed by atoms with Crippen LogP contribution in [0.1, 0.15) is 27.7 Å². The molecule has 132 valence electrons. The average Bonchev–Trinajstić information content (AvgIpc) is 2.74. The summed E-state index contributed by atoms with van der Waals surface area (Å²) < 4.78 is 23.7. The highest BCUT2D eigenvalue weighted by Crippen LogP contribution is 2.36. The van der Waals surface area contributed by atoms with Crippen LogP contribution in [-0.4, -0.2) is 62.7 Å². The molecule has 0 unspecified atom stereocenters. The van der Waals surface area contributed by atoms with Crippen LogP contribution in [0.25, 0.3) is 0 Å². The van der Waals surface area contributed by atoms with Crippen molar-refractivity contribution in [3.63, 3.8) is 0 Å². The van der Waals surface area contributed by atoms with Crippen LogP contribution in [0.4, 0.5) is 0 Å². The third-order valence-electron chi connectivity index (χ3n) is 5.18. The lowest BCUT2D eigenvalue weighted by Gasteiger charge is -2.32. The molecule has 1 atom stereocenters. The van der Waals surface area contributed by atoms with E-state index < -0.39 is 0 Å². The van der Waals surface area contributed by atoms with E-state index in [1.165, 1.54) is 0 Å². The topological polar surface area (TPSA) is 40.2 Å². The zero-order valence-electron chi connectivity index (χ0n) is 15.4. The van der Waals surface area contributed by atoms with Crippen LogP contribution in [0.15, 0.2) is 24.3 Å². The largest absolute Gasteiger partial charge is 0.494 e. The van der Waals surface area contributed by atoms with E-state index in [9.17, 15) is 0 Å². The summed E-state index contributed by atoms with van der Waals surface area (Å²) in [6, 6.07) is 7.94. The van der Waals surface area contributed by atoms with Gasteiger partial charge >= 0.3 is 7.12 Å². The second-order valence-electron chi connectivity index (χ2n) is 7.72. The molecule has 24 heavy (non-hydrogen) atoms. The molecule has 2 heterocycles. The fourth-order valence-corrected chi connectivity index (χ4v) is 2.86. The Morgan fingerprint density at radius 3 is 2.33 bits per heavy atom. The summed E-state index contributed by atoms with van der Waals surface area (Å²) in [5.74, 6) is 0.840. The standard InChI is InChI=1S/C18H28BNO4/c1-17(2)18(3,4)24-19(23-17)14-6-8-15(9-7-14)22-13-16-12-20(5)10-11-21-16/h6-9,16H,10-13H2,1-5H3/t16-/m1/s1. The highest BCUT2D eigenvalue weighted by molar-refractivity contribution is 6.62. The van der Waals surface area contributed by atoms with Gasteiger partial charge in [0.1, 0.15) is 18.5 Å². The second kappa shape index (κ2) is 6.67. The van der Waals surface area contributed by atoms with E-state index in [0.717, 1.165) is 30.9 Å². The third-order valence-corrected chi connectivity index (χ3v) is 5.18. The number of hydrogen-bond donors (Lipinski definition) is 0. The van der Waals surface area contributed by atoms with Crippen LogP contribution in [-0.2, 0) is 14.0 Å². The number of hydrogen-bond acceptors (Lipinski definition) is 5. The van der Waals surface area contributed by atoms with Crippen molar-refractivity contribution >= 4 is 12.6 Å². The Bertz CT molecular complexity index is 545. The maximum absolute atomic E-state index is 6.07. The normalized spacial score (nSPS) is 26.5. The zero-order chi connectivity index (χ0) is 17.4. The molecule has 0 aliphatic carbocycles. The van der Waals surface area contributed by atoms with Crippen LogP contribution >= 0.6 is 0 Å². The lowest BCUT2D eigenvalue weighted by molar-refractivity contribution is -0.0403. The van der Waals surface area contributed by atoms with Crippen molar-refractivity contribution in [2.45, 2.75) is 45.0 Å². The van der Waals surface area contributed by atoms with Crippen molar-refractivity contribution in [1.29, 1.82) is 0 Å². The average molecular weight is 333 g/mol. The molecular formula is C18H28BNO4. The summed E-state index contributed by atoms with van der Waals surface area (Å²) >= 11 is 0. The molecule has 0 saturated carbocycles. The molecule has 2 aliphatic rings. The third kappa shape index (κ3) is 3.77. The minimum absolute atomic E-state index is 0.131. The van der Waals surface area contributed by atoms with E-state index >= 15 is 0 Å². The monoisotopic (exact) mass is 333 g/mol. The van der Waals surface area contributed by atoms with E-state index in [1.54, 1.807) is 0 Å². The van der Waals surface area contributed by atoms with Gasteiger partial charge in [-0.2, -0.15) is 0 Å². The summed E-state index contributed by atoms with van der Waals surface area (Å²) in [6.07, 6.45) is 0.131. The van der Waals surface area contributed by atoms with Crippen LogP contribution in [0.5, 0.6) is 5.75 Å². The molecule has 1 aromatic rings. The Kier molecular flexibility index (Phi) is 4.93. The van der Waals surface area contributed by atoms with E-state index in [0.29, 0.717) is 6.61 Å². The molecule has 2 aliphatic heterocycles. The van der Waals surface area contributed by atoms with E-state index in [1.807, 2.05) is 24.3 Å². The molecule has 0 aromatic heterocycles. The molecule has 0 spiro atoms. The number of rotatable bonds is 4. The Balaban J connectivity index is 1.56. The van der Waals surface area contributed by atoms with Crippen molar-refractivity contribution in [2.75, 3.05) is 33.4 Å². The van der Waals surface area contributed by atoms with Gasteiger partial charge in [0.15, 0.2) is 0 Å². The minimum atomic E-state index is -0.334.